The van der Waals surface area contributed by atoms with Crippen LogP contribution in [-0.4, -0.2) is 47.6 Å². The number of fused-ring (bicyclic) bond motifs is 1. The molecule has 0 fully saturated rings. The van der Waals surface area contributed by atoms with E-state index in [4.69, 9.17) is 0 Å². The highest BCUT2D eigenvalue weighted by atomic mass is 16.2. The minimum absolute atomic E-state index is 0.128. The largest absolute Gasteiger partial charge is 0.336 e. The van der Waals surface area contributed by atoms with Gasteiger partial charge in [-0.2, -0.15) is 5.10 Å². The van der Waals surface area contributed by atoms with E-state index >= 15 is 0 Å². The van der Waals surface area contributed by atoms with E-state index in [9.17, 15) is 4.79 Å². The Morgan fingerprint density at radius 3 is 2.75 bits per heavy atom. The summed E-state index contributed by atoms with van der Waals surface area (Å²) < 4.78 is 1.94. The van der Waals surface area contributed by atoms with Crippen LogP contribution in [0.15, 0.2) is 79.5 Å². The number of rotatable bonds is 6. The van der Waals surface area contributed by atoms with Crippen LogP contribution in [0.2, 0.25) is 0 Å². The van der Waals surface area contributed by atoms with Crippen LogP contribution in [0, 0.1) is 0 Å². The second-order valence-electron chi connectivity index (χ2n) is 7.61. The van der Waals surface area contributed by atoms with Gasteiger partial charge in [-0.1, -0.05) is 36.4 Å². The maximum atomic E-state index is 13.0. The number of nitrogens with zero attached hydrogens (tertiary/aromatic N) is 6. The highest BCUT2D eigenvalue weighted by molar-refractivity contribution is 5.96. The molecule has 0 aliphatic heterocycles. The molecule has 32 heavy (non-hydrogen) atoms. The third-order valence-electron chi connectivity index (χ3n) is 5.23. The molecule has 4 heterocycles. The van der Waals surface area contributed by atoms with Crippen LogP contribution in [0.1, 0.15) is 21.6 Å². The van der Waals surface area contributed by atoms with Gasteiger partial charge < -0.3 is 9.47 Å². The zero-order chi connectivity index (χ0) is 21.9. The Hall–Kier alpha value is -4.33. The molecular formula is C24H21N7O. The van der Waals surface area contributed by atoms with Crippen LogP contribution in [0.4, 0.5) is 0 Å². The standard InChI is InChI=1S/C24H21N7O/c1-30(15-20-11-21(29-28-20)18-7-3-2-4-8-18)24(32)19-10-22-23(26-13-19)31(16-27-22)14-17-6-5-9-25-12-17/h2-13,16H,14-15H2,1H3,(H,28,29). The predicted octanol–water partition coefficient (Wildman–Crippen LogP) is 3.54. The maximum Gasteiger partial charge on any atom is 0.255 e. The van der Waals surface area contributed by atoms with Crippen LogP contribution >= 0.6 is 0 Å². The number of aromatic nitrogens is 6. The number of hydrogen-bond acceptors (Lipinski definition) is 5. The highest BCUT2D eigenvalue weighted by Gasteiger charge is 2.16. The number of pyridine rings is 2. The molecule has 0 spiro atoms. The number of nitrogens with one attached hydrogen (secondary N) is 1. The summed E-state index contributed by atoms with van der Waals surface area (Å²) in [5.41, 5.74) is 5.70. The number of hydrogen-bond donors (Lipinski definition) is 1. The van der Waals surface area contributed by atoms with E-state index in [2.05, 4.69) is 25.1 Å². The van der Waals surface area contributed by atoms with Gasteiger partial charge in [0.1, 0.15) is 5.52 Å². The van der Waals surface area contributed by atoms with Gasteiger partial charge in [-0.3, -0.25) is 14.9 Å². The number of H-pyrrole nitrogens is 1. The first-order valence-corrected chi connectivity index (χ1v) is 10.2. The third kappa shape index (κ3) is 3.98. The summed E-state index contributed by atoms with van der Waals surface area (Å²) in [6.45, 7) is 1.03. The molecule has 0 aliphatic rings. The minimum Gasteiger partial charge on any atom is -0.336 e. The van der Waals surface area contributed by atoms with Crippen molar-refractivity contribution in [3.8, 4) is 11.3 Å². The van der Waals surface area contributed by atoms with E-state index < -0.39 is 0 Å². The van der Waals surface area contributed by atoms with E-state index in [0.29, 0.717) is 24.2 Å². The SMILES string of the molecule is CN(Cc1cc(-c2ccccc2)n[nH]1)C(=O)c1cnc2c(c1)ncn2Cc1cccnc1. The number of amides is 1. The molecule has 0 saturated heterocycles. The molecule has 5 aromatic rings. The van der Waals surface area contributed by atoms with Gasteiger partial charge in [0.15, 0.2) is 5.65 Å². The van der Waals surface area contributed by atoms with Crippen molar-refractivity contribution in [1.29, 1.82) is 0 Å². The molecule has 158 valence electrons. The predicted molar refractivity (Wildman–Crippen MR) is 121 cm³/mol. The van der Waals surface area contributed by atoms with E-state index in [0.717, 1.165) is 28.2 Å². The van der Waals surface area contributed by atoms with Gasteiger partial charge in [0.05, 0.1) is 36.4 Å². The molecular weight excluding hydrogens is 402 g/mol. The van der Waals surface area contributed by atoms with Crippen molar-refractivity contribution in [2.24, 2.45) is 0 Å². The average molecular weight is 423 g/mol. The van der Waals surface area contributed by atoms with E-state index in [1.165, 1.54) is 0 Å². The summed E-state index contributed by atoms with van der Waals surface area (Å²) in [5.74, 6) is -0.128. The molecule has 0 bridgehead atoms. The Morgan fingerprint density at radius 1 is 1.06 bits per heavy atom. The molecule has 1 N–H and O–H groups in total. The zero-order valence-electron chi connectivity index (χ0n) is 17.5. The Kier molecular flexibility index (Phi) is 5.17. The Labute approximate surface area is 184 Å². The second-order valence-corrected chi connectivity index (χ2v) is 7.61. The highest BCUT2D eigenvalue weighted by Crippen LogP contribution is 2.19. The molecule has 8 heteroatoms. The summed E-state index contributed by atoms with van der Waals surface area (Å²) in [5, 5.41) is 7.37. The van der Waals surface area contributed by atoms with E-state index in [1.54, 1.807) is 36.7 Å². The quantitative estimate of drug-likeness (QED) is 0.451. The molecule has 1 aromatic carbocycles. The summed E-state index contributed by atoms with van der Waals surface area (Å²) in [6, 6.07) is 17.6. The molecule has 0 aliphatic carbocycles. The molecule has 0 atom stereocenters. The molecule has 0 saturated carbocycles. The second kappa shape index (κ2) is 8.43. The fraction of sp³-hybridized carbons (Fsp3) is 0.125. The molecule has 0 radical (unpaired) electrons. The molecule has 8 nitrogen and oxygen atoms in total. The average Bonchev–Trinajstić information content (AvgIpc) is 3.47. The number of carbonyl (C=O) groups is 1. The lowest BCUT2D eigenvalue weighted by atomic mass is 10.1. The Balaban J connectivity index is 1.30. The summed E-state index contributed by atoms with van der Waals surface area (Å²) in [7, 11) is 1.76. The molecule has 1 amide bonds. The van der Waals surface area contributed by atoms with Gasteiger partial charge in [0.25, 0.3) is 5.91 Å². The van der Waals surface area contributed by atoms with Crippen molar-refractivity contribution in [3.05, 3.63) is 96.3 Å². The molecule has 0 unspecified atom stereocenters. The van der Waals surface area contributed by atoms with Crippen molar-refractivity contribution >= 4 is 17.1 Å². The Bertz CT molecular complexity index is 1360. The molecule has 4 aromatic heterocycles. The maximum absolute atomic E-state index is 13.0. The first-order valence-electron chi connectivity index (χ1n) is 10.2. The van der Waals surface area contributed by atoms with Gasteiger partial charge >= 0.3 is 0 Å². The fourth-order valence-electron chi connectivity index (χ4n) is 3.62. The zero-order valence-corrected chi connectivity index (χ0v) is 17.5. The number of aromatic amines is 1. The van der Waals surface area contributed by atoms with Crippen molar-refractivity contribution in [2.45, 2.75) is 13.1 Å². The van der Waals surface area contributed by atoms with E-state index in [1.807, 2.05) is 59.3 Å². The lowest BCUT2D eigenvalue weighted by Gasteiger charge is -2.16. The van der Waals surface area contributed by atoms with Crippen molar-refractivity contribution in [1.82, 2.24) is 34.6 Å². The van der Waals surface area contributed by atoms with Crippen molar-refractivity contribution in [3.63, 3.8) is 0 Å². The lowest BCUT2D eigenvalue weighted by molar-refractivity contribution is 0.0783. The summed E-state index contributed by atoms with van der Waals surface area (Å²) >= 11 is 0. The van der Waals surface area contributed by atoms with Crippen LogP contribution in [-0.2, 0) is 13.1 Å². The number of carbonyl (C=O) groups excluding carboxylic acids is 1. The van der Waals surface area contributed by atoms with Gasteiger partial charge in [-0.15, -0.1) is 0 Å². The topological polar surface area (TPSA) is 92.6 Å². The fourth-order valence-corrected chi connectivity index (χ4v) is 3.62. The lowest BCUT2D eigenvalue weighted by Crippen LogP contribution is -2.26. The first-order chi connectivity index (χ1) is 15.7. The van der Waals surface area contributed by atoms with Gasteiger partial charge in [0, 0.05) is 31.2 Å². The number of imidazole rings is 1. The van der Waals surface area contributed by atoms with Crippen molar-refractivity contribution in [2.75, 3.05) is 7.05 Å². The van der Waals surface area contributed by atoms with Gasteiger partial charge in [0.2, 0.25) is 0 Å². The van der Waals surface area contributed by atoms with E-state index in [-0.39, 0.29) is 5.91 Å². The third-order valence-corrected chi connectivity index (χ3v) is 5.23. The minimum atomic E-state index is -0.128. The Morgan fingerprint density at radius 2 is 1.94 bits per heavy atom. The number of benzene rings is 1. The van der Waals surface area contributed by atoms with Crippen LogP contribution in [0.25, 0.3) is 22.4 Å². The van der Waals surface area contributed by atoms with Gasteiger partial charge in [-0.25, -0.2) is 9.97 Å². The summed E-state index contributed by atoms with van der Waals surface area (Å²) in [6.07, 6.45) is 6.90. The van der Waals surface area contributed by atoms with Crippen molar-refractivity contribution < 1.29 is 4.79 Å². The monoisotopic (exact) mass is 423 g/mol. The molecule has 5 rings (SSSR count). The van der Waals surface area contributed by atoms with Gasteiger partial charge in [-0.05, 0) is 23.8 Å². The van der Waals surface area contributed by atoms with Crippen LogP contribution in [0.3, 0.4) is 0 Å². The smallest absolute Gasteiger partial charge is 0.255 e. The van der Waals surface area contributed by atoms with Crippen LogP contribution < -0.4 is 0 Å². The summed E-state index contributed by atoms with van der Waals surface area (Å²) in [4.78, 5) is 27.7. The normalized spacial score (nSPS) is 11.0. The van der Waals surface area contributed by atoms with Crippen LogP contribution in [0.5, 0.6) is 0 Å². The first kappa shape index (κ1) is 19.6.